The Bertz CT molecular complexity index is 183. The molecule has 0 bridgehead atoms. The van der Waals surface area contributed by atoms with E-state index < -0.39 is 6.10 Å². The molecule has 0 aromatic rings. The van der Waals surface area contributed by atoms with Gasteiger partial charge in [0.1, 0.15) is 0 Å². The van der Waals surface area contributed by atoms with Crippen LogP contribution >= 0.6 is 0 Å². The molecule has 1 atom stereocenters. The van der Waals surface area contributed by atoms with E-state index in [9.17, 15) is 10.2 Å². The Morgan fingerprint density at radius 2 is 2.08 bits per heavy atom. The van der Waals surface area contributed by atoms with Crippen molar-refractivity contribution in [3.05, 3.63) is 0 Å². The maximum absolute atomic E-state index is 9.34. The standard InChI is InChI=1S/C9H16N2O2/c10-4-1-9(13)7-11-5-2-8(12)3-6-11/h8-9,12-13H,1-3,5-7H2/t9-/m1/s1. The predicted molar refractivity (Wildman–Crippen MR) is 47.9 cm³/mol. The van der Waals surface area contributed by atoms with Crippen LogP contribution in [0.1, 0.15) is 19.3 Å². The number of aliphatic hydroxyl groups excluding tert-OH is 2. The summed E-state index contributed by atoms with van der Waals surface area (Å²) in [6.45, 7) is 2.20. The van der Waals surface area contributed by atoms with Gasteiger partial charge in [0, 0.05) is 19.6 Å². The van der Waals surface area contributed by atoms with E-state index in [1.807, 2.05) is 6.07 Å². The van der Waals surface area contributed by atoms with E-state index in [1.165, 1.54) is 0 Å². The Morgan fingerprint density at radius 1 is 1.46 bits per heavy atom. The van der Waals surface area contributed by atoms with E-state index in [4.69, 9.17) is 5.26 Å². The fourth-order valence-corrected chi connectivity index (χ4v) is 1.57. The summed E-state index contributed by atoms with van der Waals surface area (Å²) in [5.41, 5.74) is 0. The van der Waals surface area contributed by atoms with Gasteiger partial charge in [-0.3, -0.25) is 0 Å². The van der Waals surface area contributed by atoms with Crippen molar-refractivity contribution < 1.29 is 10.2 Å². The van der Waals surface area contributed by atoms with Crippen molar-refractivity contribution in [3.63, 3.8) is 0 Å². The van der Waals surface area contributed by atoms with Gasteiger partial charge in [-0.2, -0.15) is 5.26 Å². The molecule has 0 radical (unpaired) electrons. The SMILES string of the molecule is N#CC[C@@H](O)CN1CCC(O)CC1. The Morgan fingerprint density at radius 3 is 2.62 bits per heavy atom. The fourth-order valence-electron chi connectivity index (χ4n) is 1.57. The second-order valence-corrected chi connectivity index (χ2v) is 3.55. The number of hydrogen-bond donors (Lipinski definition) is 2. The summed E-state index contributed by atoms with van der Waals surface area (Å²) in [4.78, 5) is 2.09. The van der Waals surface area contributed by atoms with E-state index in [0.717, 1.165) is 25.9 Å². The minimum absolute atomic E-state index is 0.177. The number of rotatable bonds is 3. The van der Waals surface area contributed by atoms with Crippen LogP contribution in [-0.4, -0.2) is 47.0 Å². The van der Waals surface area contributed by atoms with Gasteiger partial charge in [0.2, 0.25) is 0 Å². The van der Waals surface area contributed by atoms with Gasteiger partial charge in [-0.25, -0.2) is 0 Å². The van der Waals surface area contributed by atoms with Crippen LogP contribution in [-0.2, 0) is 0 Å². The van der Waals surface area contributed by atoms with Gasteiger partial charge in [0.25, 0.3) is 0 Å². The van der Waals surface area contributed by atoms with E-state index >= 15 is 0 Å². The molecule has 1 saturated heterocycles. The molecule has 0 aromatic carbocycles. The van der Waals surface area contributed by atoms with Crippen molar-refractivity contribution in [3.8, 4) is 6.07 Å². The lowest BCUT2D eigenvalue weighted by Crippen LogP contribution is -2.40. The average Bonchev–Trinajstić information content (AvgIpc) is 2.09. The molecular weight excluding hydrogens is 168 g/mol. The number of aliphatic hydroxyl groups is 2. The second kappa shape index (κ2) is 5.18. The number of likely N-dealkylation sites (tertiary alicyclic amines) is 1. The summed E-state index contributed by atoms with van der Waals surface area (Å²) in [7, 11) is 0. The highest BCUT2D eigenvalue weighted by Crippen LogP contribution is 2.10. The van der Waals surface area contributed by atoms with Gasteiger partial charge in [-0.1, -0.05) is 0 Å². The first-order valence-electron chi connectivity index (χ1n) is 4.68. The largest absolute Gasteiger partial charge is 0.393 e. The molecule has 13 heavy (non-hydrogen) atoms. The zero-order valence-electron chi connectivity index (χ0n) is 7.69. The monoisotopic (exact) mass is 184 g/mol. The normalized spacial score (nSPS) is 22.5. The smallest absolute Gasteiger partial charge is 0.0796 e. The van der Waals surface area contributed by atoms with Crippen LogP contribution < -0.4 is 0 Å². The fraction of sp³-hybridized carbons (Fsp3) is 0.889. The summed E-state index contributed by atoms with van der Waals surface area (Å²) < 4.78 is 0. The maximum Gasteiger partial charge on any atom is 0.0796 e. The first-order chi connectivity index (χ1) is 6.22. The van der Waals surface area contributed by atoms with Gasteiger partial charge in [0.15, 0.2) is 0 Å². The molecule has 0 amide bonds. The molecule has 0 spiro atoms. The van der Waals surface area contributed by atoms with Gasteiger partial charge < -0.3 is 15.1 Å². The highest BCUT2D eigenvalue weighted by atomic mass is 16.3. The molecule has 1 aliphatic heterocycles. The minimum Gasteiger partial charge on any atom is -0.393 e. The zero-order chi connectivity index (χ0) is 9.68. The lowest BCUT2D eigenvalue weighted by molar-refractivity contribution is 0.0524. The number of nitriles is 1. The van der Waals surface area contributed by atoms with Crippen LogP contribution in [0.5, 0.6) is 0 Å². The summed E-state index contributed by atoms with van der Waals surface area (Å²) in [5, 5.41) is 26.9. The predicted octanol–water partition coefficient (Wildman–Crippen LogP) is -0.282. The van der Waals surface area contributed by atoms with E-state index in [1.54, 1.807) is 0 Å². The number of β-amino-alcohol motifs (C(OH)–C–C–N with tert-alkyl or cyclic N) is 1. The van der Waals surface area contributed by atoms with Crippen LogP contribution in [0.3, 0.4) is 0 Å². The van der Waals surface area contributed by atoms with Gasteiger partial charge >= 0.3 is 0 Å². The van der Waals surface area contributed by atoms with Gasteiger partial charge in [-0.15, -0.1) is 0 Å². The van der Waals surface area contributed by atoms with Crippen molar-refractivity contribution in [1.82, 2.24) is 4.90 Å². The molecule has 4 nitrogen and oxygen atoms in total. The van der Waals surface area contributed by atoms with Crippen molar-refractivity contribution in [1.29, 1.82) is 5.26 Å². The molecule has 1 fully saturated rings. The number of nitrogens with zero attached hydrogens (tertiary/aromatic N) is 2. The van der Waals surface area contributed by atoms with Gasteiger partial charge in [0.05, 0.1) is 24.7 Å². The van der Waals surface area contributed by atoms with E-state index in [0.29, 0.717) is 6.54 Å². The molecule has 74 valence electrons. The molecule has 1 rings (SSSR count). The highest BCUT2D eigenvalue weighted by molar-refractivity contribution is 4.79. The Hall–Kier alpha value is -0.630. The van der Waals surface area contributed by atoms with Crippen LogP contribution in [0.4, 0.5) is 0 Å². The van der Waals surface area contributed by atoms with Crippen molar-refractivity contribution in [2.24, 2.45) is 0 Å². The highest BCUT2D eigenvalue weighted by Gasteiger charge is 2.18. The molecule has 0 unspecified atom stereocenters. The minimum atomic E-state index is -0.541. The van der Waals surface area contributed by atoms with Crippen LogP contribution in [0, 0.1) is 11.3 Å². The first-order valence-corrected chi connectivity index (χ1v) is 4.68. The summed E-state index contributed by atoms with van der Waals surface area (Å²) in [6.07, 6.45) is 1.03. The van der Waals surface area contributed by atoms with Crippen LogP contribution in [0.15, 0.2) is 0 Å². The maximum atomic E-state index is 9.34. The van der Waals surface area contributed by atoms with Crippen molar-refractivity contribution in [2.75, 3.05) is 19.6 Å². The summed E-state index contributed by atoms with van der Waals surface area (Å²) in [5.74, 6) is 0. The van der Waals surface area contributed by atoms with Gasteiger partial charge in [-0.05, 0) is 12.8 Å². The van der Waals surface area contributed by atoms with Crippen molar-refractivity contribution >= 4 is 0 Å². The molecule has 1 aliphatic rings. The van der Waals surface area contributed by atoms with E-state index in [-0.39, 0.29) is 12.5 Å². The third-order valence-corrected chi connectivity index (χ3v) is 2.35. The zero-order valence-corrected chi connectivity index (χ0v) is 7.69. The quantitative estimate of drug-likeness (QED) is 0.633. The Labute approximate surface area is 78.4 Å². The number of piperidine rings is 1. The average molecular weight is 184 g/mol. The molecule has 1 heterocycles. The second-order valence-electron chi connectivity index (χ2n) is 3.55. The first kappa shape index (κ1) is 10.5. The number of hydrogen-bond acceptors (Lipinski definition) is 4. The van der Waals surface area contributed by atoms with E-state index in [2.05, 4.69) is 4.90 Å². The summed E-state index contributed by atoms with van der Waals surface area (Å²) in [6, 6.07) is 1.94. The molecule has 4 heteroatoms. The molecule has 0 saturated carbocycles. The third-order valence-electron chi connectivity index (χ3n) is 2.35. The molecule has 2 N–H and O–H groups in total. The lowest BCUT2D eigenvalue weighted by atomic mass is 10.1. The molecular formula is C9H16N2O2. The summed E-state index contributed by atoms with van der Waals surface area (Å²) >= 11 is 0. The van der Waals surface area contributed by atoms with Crippen LogP contribution in [0.2, 0.25) is 0 Å². The van der Waals surface area contributed by atoms with Crippen LogP contribution in [0.25, 0.3) is 0 Å². The Balaban J connectivity index is 2.19. The third kappa shape index (κ3) is 3.73. The Kier molecular flexibility index (Phi) is 4.16. The topological polar surface area (TPSA) is 67.5 Å². The van der Waals surface area contributed by atoms with Crippen molar-refractivity contribution in [2.45, 2.75) is 31.5 Å². The molecule has 0 aromatic heterocycles. The lowest BCUT2D eigenvalue weighted by Gasteiger charge is -2.30. The molecule has 0 aliphatic carbocycles.